The van der Waals surface area contributed by atoms with E-state index < -0.39 is 22.0 Å². The van der Waals surface area contributed by atoms with Gasteiger partial charge in [0.15, 0.2) is 5.13 Å². The fourth-order valence-corrected chi connectivity index (χ4v) is 4.92. The minimum Gasteiger partial charge on any atom is -0.361 e. The van der Waals surface area contributed by atoms with Crippen molar-refractivity contribution in [3.05, 3.63) is 94.6 Å². The Balaban J connectivity index is 1.51. The number of amides is 1. The first-order valence-corrected chi connectivity index (χ1v) is 12.2. The number of anilines is 1. The lowest BCUT2D eigenvalue weighted by atomic mass is 10.0. The molecule has 1 unspecified atom stereocenters. The molecule has 0 aliphatic carbocycles. The van der Waals surface area contributed by atoms with Gasteiger partial charge in [-0.2, -0.15) is 0 Å². The molecule has 170 valence electrons. The van der Waals surface area contributed by atoms with Crippen molar-refractivity contribution in [1.82, 2.24) is 15.5 Å². The molecule has 1 atom stereocenters. The Kier molecular flexibility index (Phi) is 6.52. The summed E-state index contributed by atoms with van der Waals surface area (Å²) in [5.74, 6) is -0.239. The second-order valence-corrected chi connectivity index (χ2v) is 9.76. The summed E-state index contributed by atoms with van der Waals surface area (Å²) in [5.41, 5.74) is 1.66. The van der Waals surface area contributed by atoms with E-state index in [1.54, 1.807) is 30.5 Å². The van der Waals surface area contributed by atoms with Gasteiger partial charge >= 0.3 is 0 Å². The number of nitrogens with zero attached hydrogens (tertiary/aromatic N) is 2. The Hall–Kier alpha value is -3.57. The van der Waals surface area contributed by atoms with Gasteiger partial charge in [0.25, 0.3) is 15.9 Å². The summed E-state index contributed by atoms with van der Waals surface area (Å²) in [7, 11) is -3.82. The summed E-state index contributed by atoms with van der Waals surface area (Å²) in [6, 6.07) is 12.6. The largest absolute Gasteiger partial charge is 0.361 e. The minimum atomic E-state index is -3.82. The number of aryl methyl sites for hydroxylation is 1. The molecule has 11 heteroatoms. The van der Waals surface area contributed by atoms with Crippen LogP contribution in [0.25, 0.3) is 0 Å². The molecular weight excluding hydrogens is 467 g/mol. The number of thiazole rings is 1. The van der Waals surface area contributed by atoms with Crippen LogP contribution in [0.5, 0.6) is 0 Å². The Morgan fingerprint density at radius 1 is 1.15 bits per heavy atom. The highest BCUT2D eigenvalue weighted by Gasteiger charge is 2.20. The van der Waals surface area contributed by atoms with Crippen molar-refractivity contribution < 1.29 is 22.1 Å². The van der Waals surface area contributed by atoms with Crippen LogP contribution in [0.2, 0.25) is 0 Å². The first kappa shape index (κ1) is 22.6. The molecule has 0 aliphatic heterocycles. The lowest BCUT2D eigenvalue weighted by Gasteiger charge is -2.18. The van der Waals surface area contributed by atoms with Crippen molar-refractivity contribution in [2.45, 2.75) is 24.3 Å². The number of carbonyl (C=O) groups is 1. The van der Waals surface area contributed by atoms with Gasteiger partial charge in [0, 0.05) is 29.6 Å². The standard InChI is InChI=1S/C22H19FN4O4S2/c1-14-12-18(31-26-14)13-20(15-2-6-17(23)7-3-15)25-21(28)16-4-8-19(9-5-16)33(29,30)27-22-24-10-11-32-22/h2-12,20H,13H2,1H3,(H,24,27)(H,25,28). The predicted molar refractivity (Wildman–Crippen MR) is 121 cm³/mol. The summed E-state index contributed by atoms with van der Waals surface area (Å²) in [5, 5.41) is 8.67. The fraction of sp³-hybridized carbons (Fsp3) is 0.136. The van der Waals surface area contributed by atoms with Crippen molar-refractivity contribution >= 4 is 32.4 Å². The minimum absolute atomic E-state index is 0.00136. The maximum absolute atomic E-state index is 13.4. The summed E-state index contributed by atoms with van der Waals surface area (Å²) in [6.07, 6.45) is 1.80. The number of hydrogen-bond donors (Lipinski definition) is 2. The molecule has 0 spiro atoms. The molecule has 0 saturated carbocycles. The van der Waals surface area contributed by atoms with Gasteiger partial charge in [-0.05, 0) is 48.9 Å². The maximum Gasteiger partial charge on any atom is 0.263 e. The first-order chi connectivity index (χ1) is 15.8. The van der Waals surface area contributed by atoms with Gasteiger partial charge in [0.05, 0.1) is 16.6 Å². The maximum atomic E-state index is 13.4. The van der Waals surface area contributed by atoms with Crippen LogP contribution in [0.1, 0.15) is 33.4 Å². The van der Waals surface area contributed by atoms with Crippen LogP contribution >= 0.6 is 11.3 Å². The number of sulfonamides is 1. The number of nitrogens with one attached hydrogen (secondary N) is 2. The smallest absolute Gasteiger partial charge is 0.263 e. The molecule has 1 amide bonds. The van der Waals surface area contributed by atoms with Crippen LogP contribution < -0.4 is 10.0 Å². The highest BCUT2D eigenvalue weighted by atomic mass is 32.2. The van der Waals surface area contributed by atoms with Gasteiger partial charge in [0.2, 0.25) is 0 Å². The Bertz CT molecular complexity index is 1340. The molecule has 4 aromatic rings. The second-order valence-electron chi connectivity index (χ2n) is 7.18. The topological polar surface area (TPSA) is 114 Å². The Morgan fingerprint density at radius 3 is 2.48 bits per heavy atom. The molecule has 2 aromatic carbocycles. The van der Waals surface area contributed by atoms with E-state index in [0.29, 0.717) is 23.4 Å². The van der Waals surface area contributed by atoms with Gasteiger partial charge in [0.1, 0.15) is 11.6 Å². The van der Waals surface area contributed by atoms with Crippen molar-refractivity contribution in [2.24, 2.45) is 0 Å². The molecule has 0 aliphatic rings. The van der Waals surface area contributed by atoms with Crippen molar-refractivity contribution in [1.29, 1.82) is 0 Å². The van der Waals surface area contributed by atoms with E-state index in [9.17, 15) is 17.6 Å². The third-order valence-corrected chi connectivity index (χ3v) is 6.91. The lowest BCUT2D eigenvalue weighted by molar-refractivity contribution is 0.0935. The molecule has 8 nitrogen and oxygen atoms in total. The van der Waals surface area contributed by atoms with Crippen molar-refractivity contribution in [3.8, 4) is 0 Å². The number of carbonyl (C=O) groups excluding carboxylic acids is 1. The third-order valence-electron chi connectivity index (χ3n) is 4.74. The van der Waals surface area contributed by atoms with Gasteiger partial charge < -0.3 is 9.84 Å². The Labute approximate surface area is 193 Å². The average Bonchev–Trinajstić information content (AvgIpc) is 3.45. The van der Waals surface area contributed by atoms with Crippen LogP contribution in [-0.2, 0) is 16.4 Å². The van der Waals surface area contributed by atoms with E-state index in [0.717, 1.165) is 11.3 Å². The van der Waals surface area contributed by atoms with Crippen LogP contribution in [0, 0.1) is 12.7 Å². The average molecular weight is 487 g/mol. The van der Waals surface area contributed by atoms with Gasteiger partial charge in [-0.1, -0.05) is 17.3 Å². The van der Waals surface area contributed by atoms with E-state index in [2.05, 4.69) is 20.2 Å². The number of halogens is 1. The second kappa shape index (κ2) is 9.51. The van der Waals surface area contributed by atoms with Crippen molar-refractivity contribution in [2.75, 3.05) is 4.72 Å². The molecule has 2 N–H and O–H groups in total. The number of hydrogen-bond acceptors (Lipinski definition) is 7. The van der Waals surface area contributed by atoms with Gasteiger partial charge in [-0.25, -0.2) is 17.8 Å². The number of rotatable bonds is 8. The monoisotopic (exact) mass is 486 g/mol. The number of aromatic nitrogens is 2. The molecule has 2 heterocycles. The predicted octanol–water partition coefficient (Wildman–Crippen LogP) is 4.09. The molecule has 0 radical (unpaired) electrons. The molecule has 33 heavy (non-hydrogen) atoms. The highest BCUT2D eigenvalue weighted by molar-refractivity contribution is 7.93. The fourth-order valence-electron chi connectivity index (χ4n) is 3.14. The van der Waals surface area contributed by atoms with E-state index in [1.165, 1.54) is 42.6 Å². The van der Waals surface area contributed by atoms with E-state index in [-0.39, 0.29) is 21.4 Å². The van der Waals surface area contributed by atoms with Crippen molar-refractivity contribution in [3.63, 3.8) is 0 Å². The highest BCUT2D eigenvalue weighted by Crippen LogP contribution is 2.22. The zero-order chi connectivity index (χ0) is 23.4. The SMILES string of the molecule is Cc1cc(CC(NC(=O)c2ccc(S(=O)(=O)Nc3nccs3)cc2)c2ccc(F)cc2)on1. The van der Waals surface area contributed by atoms with Crippen LogP contribution in [0.4, 0.5) is 9.52 Å². The van der Waals surface area contributed by atoms with Crippen LogP contribution in [0.3, 0.4) is 0 Å². The zero-order valence-electron chi connectivity index (χ0n) is 17.4. The Morgan fingerprint density at radius 2 is 1.88 bits per heavy atom. The zero-order valence-corrected chi connectivity index (χ0v) is 19.0. The summed E-state index contributed by atoms with van der Waals surface area (Å²) in [6.45, 7) is 1.79. The molecule has 2 aromatic heterocycles. The summed E-state index contributed by atoms with van der Waals surface area (Å²) in [4.78, 5) is 16.8. The van der Waals surface area contributed by atoms with Gasteiger partial charge in [-0.15, -0.1) is 11.3 Å². The van der Waals surface area contributed by atoms with E-state index in [1.807, 2.05) is 0 Å². The van der Waals surface area contributed by atoms with Crippen LogP contribution in [0.15, 0.2) is 75.6 Å². The lowest BCUT2D eigenvalue weighted by Crippen LogP contribution is -2.30. The van der Waals surface area contributed by atoms with Gasteiger partial charge in [-0.3, -0.25) is 9.52 Å². The quantitative estimate of drug-likeness (QED) is 0.388. The molecule has 0 fully saturated rings. The van der Waals surface area contributed by atoms with E-state index in [4.69, 9.17) is 4.52 Å². The summed E-state index contributed by atoms with van der Waals surface area (Å²) >= 11 is 1.16. The summed E-state index contributed by atoms with van der Waals surface area (Å²) < 4.78 is 46.0. The molecule has 0 bridgehead atoms. The molecule has 4 rings (SSSR count). The third kappa shape index (κ3) is 5.62. The molecular formula is C22H19FN4O4S2. The van der Waals surface area contributed by atoms with Crippen LogP contribution in [-0.4, -0.2) is 24.5 Å². The first-order valence-electron chi connectivity index (χ1n) is 9.81. The normalized spacial score (nSPS) is 12.3. The molecule has 0 saturated heterocycles. The van der Waals surface area contributed by atoms with E-state index >= 15 is 0 Å². The number of benzene rings is 2.